The van der Waals surface area contributed by atoms with Gasteiger partial charge in [-0.05, 0) is 56.9 Å². The van der Waals surface area contributed by atoms with E-state index in [1.165, 1.54) is 6.42 Å². The van der Waals surface area contributed by atoms with E-state index in [2.05, 4.69) is 14.6 Å². The molecule has 1 N–H and O–H groups in total. The van der Waals surface area contributed by atoms with Crippen LogP contribution >= 0.6 is 0 Å². The van der Waals surface area contributed by atoms with Crippen LogP contribution in [0.5, 0.6) is 5.75 Å². The fourth-order valence-corrected chi connectivity index (χ4v) is 5.37. The molecular weight excluding hydrogens is 428 g/mol. The topological polar surface area (TPSA) is 91.8 Å². The van der Waals surface area contributed by atoms with Crippen molar-refractivity contribution in [1.82, 2.24) is 14.6 Å². The highest BCUT2D eigenvalue weighted by Gasteiger charge is 2.27. The average molecular weight is 459 g/mol. The Morgan fingerprint density at radius 3 is 2.44 bits per heavy atom. The maximum atomic E-state index is 12.8. The molecule has 0 radical (unpaired) electrons. The number of amides is 1. The lowest BCUT2D eigenvalue weighted by atomic mass is 9.95. The maximum Gasteiger partial charge on any atom is 0.255 e. The Hall–Kier alpha value is -2.65. The first kappa shape index (κ1) is 22.5. The molecule has 32 heavy (non-hydrogen) atoms. The Morgan fingerprint density at radius 2 is 1.78 bits per heavy atom. The van der Waals surface area contributed by atoms with Gasteiger partial charge in [-0.3, -0.25) is 4.79 Å². The van der Waals surface area contributed by atoms with Crippen molar-refractivity contribution in [3.8, 4) is 5.75 Å². The number of fused-ring (bicyclic) bond motifs is 1. The van der Waals surface area contributed by atoms with E-state index in [0.29, 0.717) is 30.3 Å². The van der Waals surface area contributed by atoms with Crippen LogP contribution in [0.1, 0.15) is 49.0 Å². The SMILES string of the molecule is CC(C)(NS(C)(=O)=O)c1ccc(N2CCOc3cc(C(=O)N4CCCCC4)cnc32)cc1. The molecule has 1 aromatic heterocycles. The number of sulfonamides is 1. The fraction of sp³-hybridized carbons (Fsp3) is 0.478. The lowest BCUT2D eigenvalue weighted by Gasteiger charge is -2.32. The molecule has 4 rings (SSSR count). The maximum absolute atomic E-state index is 12.8. The molecule has 0 aliphatic carbocycles. The zero-order valence-corrected chi connectivity index (χ0v) is 19.6. The van der Waals surface area contributed by atoms with Gasteiger partial charge in [-0.2, -0.15) is 0 Å². The molecular formula is C23H30N4O4S. The van der Waals surface area contributed by atoms with Gasteiger partial charge in [-0.15, -0.1) is 0 Å². The van der Waals surface area contributed by atoms with Gasteiger partial charge in [0.05, 0.1) is 23.9 Å². The number of ether oxygens (including phenoxy) is 1. The Kier molecular flexibility index (Phi) is 6.13. The van der Waals surface area contributed by atoms with Crippen molar-refractivity contribution in [3.63, 3.8) is 0 Å². The van der Waals surface area contributed by atoms with Gasteiger partial charge in [0.15, 0.2) is 11.6 Å². The van der Waals surface area contributed by atoms with Crippen LogP contribution in [0.2, 0.25) is 0 Å². The Morgan fingerprint density at radius 1 is 1.09 bits per heavy atom. The van der Waals surface area contributed by atoms with Gasteiger partial charge in [0, 0.05) is 25.0 Å². The first-order chi connectivity index (χ1) is 15.1. The Labute approximate surface area is 189 Å². The normalized spacial score (nSPS) is 17.0. The van der Waals surface area contributed by atoms with Crippen LogP contribution in [0.4, 0.5) is 11.5 Å². The summed E-state index contributed by atoms with van der Waals surface area (Å²) >= 11 is 0. The molecule has 2 aliphatic rings. The zero-order valence-electron chi connectivity index (χ0n) is 18.8. The summed E-state index contributed by atoms with van der Waals surface area (Å²) in [6.45, 7) is 6.35. The van der Waals surface area contributed by atoms with E-state index in [4.69, 9.17) is 4.74 Å². The van der Waals surface area contributed by atoms with Gasteiger partial charge in [0.25, 0.3) is 5.91 Å². The summed E-state index contributed by atoms with van der Waals surface area (Å²) in [4.78, 5) is 21.3. The molecule has 0 atom stereocenters. The quantitative estimate of drug-likeness (QED) is 0.741. The highest BCUT2D eigenvalue weighted by molar-refractivity contribution is 7.88. The molecule has 8 nitrogen and oxygen atoms in total. The first-order valence-electron chi connectivity index (χ1n) is 10.9. The summed E-state index contributed by atoms with van der Waals surface area (Å²) in [5.74, 6) is 1.28. The van der Waals surface area contributed by atoms with E-state index in [1.807, 2.05) is 43.0 Å². The van der Waals surface area contributed by atoms with E-state index in [-0.39, 0.29) is 5.91 Å². The van der Waals surface area contributed by atoms with Crippen LogP contribution in [0.3, 0.4) is 0 Å². The number of benzene rings is 1. The highest BCUT2D eigenvalue weighted by atomic mass is 32.2. The number of nitrogens with one attached hydrogen (secondary N) is 1. The number of aromatic nitrogens is 1. The predicted molar refractivity (Wildman–Crippen MR) is 124 cm³/mol. The molecule has 0 spiro atoms. The molecule has 2 aromatic rings. The minimum Gasteiger partial charge on any atom is -0.488 e. The second-order valence-electron chi connectivity index (χ2n) is 8.94. The summed E-state index contributed by atoms with van der Waals surface area (Å²) in [5.41, 5.74) is 1.61. The number of hydrogen-bond acceptors (Lipinski definition) is 6. The van der Waals surface area contributed by atoms with Crippen LogP contribution in [0, 0.1) is 0 Å². The summed E-state index contributed by atoms with van der Waals surface area (Å²) in [6, 6.07) is 9.52. The summed E-state index contributed by atoms with van der Waals surface area (Å²) in [6.07, 6.45) is 6.04. The van der Waals surface area contributed by atoms with Crippen molar-refractivity contribution < 1.29 is 17.9 Å². The van der Waals surface area contributed by atoms with Crippen molar-refractivity contribution in [2.24, 2.45) is 0 Å². The largest absolute Gasteiger partial charge is 0.488 e. The number of piperidine rings is 1. The molecule has 0 unspecified atom stereocenters. The second kappa shape index (κ2) is 8.71. The van der Waals surface area contributed by atoms with Crippen LogP contribution in [-0.4, -0.2) is 56.7 Å². The van der Waals surface area contributed by atoms with E-state index in [0.717, 1.165) is 43.4 Å². The number of nitrogens with zero attached hydrogens (tertiary/aromatic N) is 3. The van der Waals surface area contributed by atoms with Crippen molar-refractivity contribution >= 4 is 27.4 Å². The summed E-state index contributed by atoms with van der Waals surface area (Å²) in [7, 11) is -3.34. The van der Waals surface area contributed by atoms with E-state index in [9.17, 15) is 13.2 Å². The molecule has 1 aromatic carbocycles. The lowest BCUT2D eigenvalue weighted by Crippen LogP contribution is -2.40. The summed E-state index contributed by atoms with van der Waals surface area (Å²) < 4.78 is 31.9. The third kappa shape index (κ3) is 4.88. The van der Waals surface area contributed by atoms with Gasteiger partial charge in [-0.1, -0.05) is 12.1 Å². The van der Waals surface area contributed by atoms with Crippen LogP contribution < -0.4 is 14.4 Å². The third-order valence-electron chi connectivity index (χ3n) is 5.89. The fourth-order valence-electron chi connectivity index (χ4n) is 4.33. The number of hydrogen-bond donors (Lipinski definition) is 1. The molecule has 0 saturated carbocycles. The number of pyridine rings is 1. The van der Waals surface area contributed by atoms with Crippen LogP contribution in [0.15, 0.2) is 36.5 Å². The monoisotopic (exact) mass is 458 g/mol. The Balaban J connectivity index is 1.56. The van der Waals surface area contributed by atoms with E-state index in [1.54, 1.807) is 12.3 Å². The second-order valence-corrected chi connectivity index (χ2v) is 10.7. The van der Waals surface area contributed by atoms with Gasteiger partial charge in [0.2, 0.25) is 10.0 Å². The van der Waals surface area contributed by atoms with Gasteiger partial charge >= 0.3 is 0 Å². The number of anilines is 2. The standard InChI is InChI=1S/C23H30N4O4S/c1-23(2,25-32(3,29)30)18-7-9-19(10-8-18)27-13-14-31-20-15-17(16-24-21(20)27)22(28)26-11-5-4-6-12-26/h7-10,15-16,25H,4-6,11-14H2,1-3H3. The van der Waals surface area contributed by atoms with Crippen molar-refractivity contribution in [2.75, 3.05) is 37.4 Å². The van der Waals surface area contributed by atoms with Gasteiger partial charge in [-0.25, -0.2) is 18.1 Å². The van der Waals surface area contributed by atoms with Gasteiger partial charge in [0.1, 0.15) is 6.61 Å². The molecule has 9 heteroatoms. The molecule has 172 valence electrons. The number of carbonyl (C=O) groups excluding carboxylic acids is 1. The molecule has 1 amide bonds. The third-order valence-corrected chi connectivity index (χ3v) is 6.77. The molecule has 0 bridgehead atoms. The summed E-state index contributed by atoms with van der Waals surface area (Å²) in [5, 5.41) is 0. The van der Waals surface area contributed by atoms with Crippen LogP contribution in [-0.2, 0) is 15.6 Å². The number of carbonyl (C=O) groups is 1. The van der Waals surface area contributed by atoms with Gasteiger partial charge < -0.3 is 14.5 Å². The van der Waals surface area contributed by atoms with Crippen molar-refractivity contribution in [3.05, 3.63) is 47.7 Å². The molecule has 2 aliphatic heterocycles. The Bertz CT molecular complexity index is 1090. The van der Waals surface area contributed by atoms with E-state index >= 15 is 0 Å². The predicted octanol–water partition coefficient (Wildman–Crippen LogP) is 3.02. The minimum atomic E-state index is -3.34. The smallest absolute Gasteiger partial charge is 0.255 e. The average Bonchev–Trinajstić information content (AvgIpc) is 2.77. The molecule has 3 heterocycles. The molecule has 1 saturated heterocycles. The minimum absolute atomic E-state index is 0.00526. The highest BCUT2D eigenvalue weighted by Crippen LogP contribution is 2.36. The lowest BCUT2D eigenvalue weighted by molar-refractivity contribution is 0.0723. The van der Waals surface area contributed by atoms with E-state index < -0.39 is 15.6 Å². The first-order valence-corrected chi connectivity index (χ1v) is 12.8. The molecule has 1 fully saturated rings. The van der Waals surface area contributed by atoms with Crippen molar-refractivity contribution in [1.29, 1.82) is 0 Å². The van der Waals surface area contributed by atoms with Crippen LogP contribution in [0.25, 0.3) is 0 Å². The van der Waals surface area contributed by atoms with Crippen molar-refractivity contribution in [2.45, 2.75) is 38.6 Å². The number of rotatable bonds is 5. The zero-order chi connectivity index (χ0) is 22.9. The number of likely N-dealkylation sites (tertiary alicyclic amines) is 1.